The lowest BCUT2D eigenvalue weighted by Crippen LogP contribution is -2.10. The van der Waals surface area contributed by atoms with Crippen molar-refractivity contribution in [3.8, 4) is 6.07 Å². The topological polar surface area (TPSA) is 47.8 Å². The van der Waals surface area contributed by atoms with Crippen molar-refractivity contribution < 1.29 is 4.42 Å². The van der Waals surface area contributed by atoms with Crippen molar-refractivity contribution in [1.29, 1.82) is 5.26 Å². The number of nitrogens with zero attached hydrogens (tertiary/aromatic N) is 4. The number of hydrogen-bond donors (Lipinski definition) is 0. The van der Waals surface area contributed by atoms with E-state index < -0.39 is 0 Å². The first kappa shape index (κ1) is 29.8. The van der Waals surface area contributed by atoms with Crippen molar-refractivity contribution in [3.63, 3.8) is 0 Å². The van der Waals surface area contributed by atoms with Gasteiger partial charge in [-0.2, -0.15) is 5.26 Å². The molecule has 0 radical (unpaired) electrons. The van der Waals surface area contributed by atoms with Gasteiger partial charge in [-0.25, -0.2) is 4.85 Å². The third-order valence-corrected chi connectivity index (χ3v) is 9.44. The Kier molecular flexibility index (Phi) is 7.17. The third-order valence-electron chi connectivity index (χ3n) is 9.44. The molecule has 8 aromatic carbocycles. The Balaban J connectivity index is 1.38. The van der Waals surface area contributed by atoms with E-state index in [0.29, 0.717) is 11.3 Å². The molecule has 0 aliphatic heterocycles. The summed E-state index contributed by atoms with van der Waals surface area (Å²) in [6.07, 6.45) is 0. The van der Waals surface area contributed by atoms with Crippen LogP contribution in [0.15, 0.2) is 174 Å². The average molecular weight is 653 g/mol. The van der Waals surface area contributed by atoms with Gasteiger partial charge in [-0.05, 0) is 72.8 Å². The van der Waals surface area contributed by atoms with Crippen molar-refractivity contribution in [2.45, 2.75) is 0 Å². The number of rotatable bonds is 6. The van der Waals surface area contributed by atoms with Crippen LogP contribution in [0.2, 0.25) is 0 Å². The quantitative estimate of drug-likeness (QED) is 0.168. The lowest BCUT2D eigenvalue weighted by molar-refractivity contribution is 0.676. The van der Waals surface area contributed by atoms with Crippen LogP contribution >= 0.6 is 0 Å². The summed E-state index contributed by atoms with van der Waals surface area (Å²) < 4.78 is 6.93. The lowest BCUT2D eigenvalue weighted by Gasteiger charge is -2.27. The SMILES string of the molecule is [C-]#[N+]c1ccc(N(c2ccccc2)c2cc3c4cc(N(c5ccccc5)c5ccc(C#N)cc5)c5ccccc5c4oc3c3ccccc23)cc1. The number of furan rings is 1. The molecule has 0 amide bonds. The van der Waals surface area contributed by atoms with Gasteiger partial charge in [0.2, 0.25) is 0 Å². The predicted octanol–water partition coefficient (Wildman–Crippen LogP) is 13.3. The summed E-state index contributed by atoms with van der Waals surface area (Å²) in [5.74, 6) is 0. The van der Waals surface area contributed by atoms with Gasteiger partial charge in [0.1, 0.15) is 11.2 Å². The molecule has 0 aliphatic rings. The van der Waals surface area contributed by atoms with Crippen LogP contribution in [0.4, 0.5) is 39.8 Å². The molecule has 0 fully saturated rings. The van der Waals surface area contributed by atoms with Crippen molar-refractivity contribution in [3.05, 3.63) is 187 Å². The third kappa shape index (κ3) is 5.01. The van der Waals surface area contributed by atoms with E-state index in [1.54, 1.807) is 0 Å². The number of para-hydroxylation sites is 2. The summed E-state index contributed by atoms with van der Waals surface area (Å²) in [5.41, 5.74) is 8.77. The number of hydrogen-bond acceptors (Lipinski definition) is 4. The number of anilines is 6. The summed E-state index contributed by atoms with van der Waals surface area (Å²) in [5, 5.41) is 15.7. The second kappa shape index (κ2) is 12.3. The first-order valence-corrected chi connectivity index (χ1v) is 16.7. The van der Waals surface area contributed by atoms with Gasteiger partial charge in [0.15, 0.2) is 5.69 Å². The van der Waals surface area contributed by atoms with Crippen molar-refractivity contribution in [1.82, 2.24) is 0 Å². The zero-order chi connectivity index (χ0) is 34.3. The molecule has 0 atom stereocenters. The Morgan fingerprint density at radius 2 is 0.843 bits per heavy atom. The Labute approximate surface area is 294 Å². The fourth-order valence-corrected chi connectivity index (χ4v) is 7.12. The van der Waals surface area contributed by atoms with Crippen molar-refractivity contribution >= 4 is 83.3 Å². The fraction of sp³-hybridized carbons (Fsp3) is 0. The second-order valence-corrected chi connectivity index (χ2v) is 12.4. The molecule has 5 heteroatoms. The monoisotopic (exact) mass is 652 g/mol. The smallest absolute Gasteiger partial charge is 0.187 e. The average Bonchev–Trinajstić information content (AvgIpc) is 3.58. The van der Waals surface area contributed by atoms with E-state index in [2.05, 4.69) is 106 Å². The van der Waals surface area contributed by atoms with Gasteiger partial charge in [0, 0.05) is 55.1 Å². The lowest BCUT2D eigenvalue weighted by atomic mass is 9.99. The molecule has 0 saturated heterocycles. The Morgan fingerprint density at radius 3 is 1.27 bits per heavy atom. The van der Waals surface area contributed by atoms with Gasteiger partial charge in [0.25, 0.3) is 0 Å². The second-order valence-electron chi connectivity index (χ2n) is 12.4. The fourth-order valence-electron chi connectivity index (χ4n) is 7.12. The zero-order valence-electron chi connectivity index (χ0n) is 27.4. The van der Waals surface area contributed by atoms with E-state index in [0.717, 1.165) is 77.6 Å². The summed E-state index contributed by atoms with van der Waals surface area (Å²) >= 11 is 0. The van der Waals surface area contributed by atoms with E-state index >= 15 is 0 Å². The highest BCUT2D eigenvalue weighted by Crippen LogP contribution is 2.48. The number of benzene rings is 8. The molecule has 0 unspecified atom stereocenters. The van der Waals surface area contributed by atoms with Crippen LogP contribution < -0.4 is 9.80 Å². The van der Waals surface area contributed by atoms with Crippen LogP contribution in [0.1, 0.15) is 5.56 Å². The largest absolute Gasteiger partial charge is 0.455 e. The van der Waals surface area contributed by atoms with Gasteiger partial charge < -0.3 is 14.2 Å². The molecule has 1 aromatic heterocycles. The molecule has 9 rings (SSSR count). The minimum absolute atomic E-state index is 0.595. The maximum absolute atomic E-state index is 9.55. The maximum atomic E-state index is 9.55. The van der Waals surface area contributed by atoms with Gasteiger partial charge in [-0.3, -0.25) is 0 Å². The van der Waals surface area contributed by atoms with Crippen LogP contribution in [0.25, 0.3) is 48.3 Å². The van der Waals surface area contributed by atoms with Crippen LogP contribution in [0, 0.1) is 17.9 Å². The molecular formula is C46H28N4O. The van der Waals surface area contributed by atoms with Gasteiger partial charge in [-0.1, -0.05) is 97.1 Å². The molecule has 0 bridgehead atoms. The van der Waals surface area contributed by atoms with Gasteiger partial charge in [-0.15, -0.1) is 0 Å². The summed E-state index contributed by atoms with van der Waals surface area (Å²) in [7, 11) is 0. The molecule has 0 N–H and O–H groups in total. The normalized spacial score (nSPS) is 11.1. The van der Waals surface area contributed by atoms with Gasteiger partial charge in [0.05, 0.1) is 29.6 Å². The molecule has 9 aromatic rings. The highest BCUT2D eigenvalue weighted by Gasteiger charge is 2.24. The maximum Gasteiger partial charge on any atom is 0.187 e. The van der Waals surface area contributed by atoms with Crippen LogP contribution in [0.5, 0.6) is 0 Å². The zero-order valence-corrected chi connectivity index (χ0v) is 27.4. The summed E-state index contributed by atoms with van der Waals surface area (Å²) in [6.45, 7) is 7.52. The molecule has 51 heavy (non-hydrogen) atoms. The molecule has 238 valence electrons. The van der Waals surface area contributed by atoms with Crippen LogP contribution in [0.3, 0.4) is 0 Å². The van der Waals surface area contributed by atoms with Crippen molar-refractivity contribution in [2.75, 3.05) is 9.80 Å². The highest BCUT2D eigenvalue weighted by molar-refractivity contribution is 6.25. The Morgan fingerprint density at radius 1 is 0.451 bits per heavy atom. The van der Waals surface area contributed by atoms with E-state index in [1.165, 1.54) is 0 Å². The van der Waals surface area contributed by atoms with E-state index in [-0.39, 0.29) is 0 Å². The van der Waals surface area contributed by atoms with E-state index in [4.69, 9.17) is 11.0 Å². The van der Waals surface area contributed by atoms with Crippen molar-refractivity contribution in [2.24, 2.45) is 0 Å². The first-order chi connectivity index (χ1) is 25.2. The Hall–Kier alpha value is -7.34. The number of fused-ring (bicyclic) bond motifs is 7. The summed E-state index contributed by atoms with van der Waals surface area (Å²) in [4.78, 5) is 8.14. The molecule has 0 saturated carbocycles. The van der Waals surface area contributed by atoms with Crippen LogP contribution in [-0.2, 0) is 0 Å². The van der Waals surface area contributed by atoms with E-state index in [1.807, 2.05) is 84.9 Å². The molecule has 1 heterocycles. The molecular weight excluding hydrogens is 625 g/mol. The molecule has 0 aliphatic carbocycles. The highest BCUT2D eigenvalue weighted by atomic mass is 16.3. The van der Waals surface area contributed by atoms with E-state index in [9.17, 15) is 5.26 Å². The first-order valence-electron chi connectivity index (χ1n) is 16.7. The summed E-state index contributed by atoms with van der Waals surface area (Å²) in [6, 6.07) is 59.6. The standard InChI is InChI=1S/C46H28N4O/c1-48-32-22-26-36(27-23-32)50(34-14-6-3-7-15-34)44-29-42-41-28-43(49(33-12-4-2-5-13-33)35-24-20-31(30-47)21-25-35)37-16-8-10-18-39(37)45(41)51-46(42)40-19-11-9-17-38(40)44/h2-29H. The Bertz CT molecular complexity index is 2620. The minimum Gasteiger partial charge on any atom is -0.455 e. The minimum atomic E-state index is 0.595. The molecule has 0 spiro atoms. The predicted molar refractivity (Wildman–Crippen MR) is 209 cm³/mol. The van der Waals surface area contributed by atoms with Gasteiger partial charge >= 0.3 is 0 Å². The molecule has 5 nitrogen and oxygen atoms in total. The van der Waals surface area contributed by atoms with Crippen LogP contribution in [-0.4, -0.2) is 0 Å². The number of nitriles is 1.